The molecule has 1 N–H and O–H groups in total. The molecule has 3 aliphatic heterocycles. The number of ether oxygens (including phenoxy) is 1. The molecule has 4 atom stereocenters. The van der Waals surface area contributed by atoms with Gasteiger partial charge in [-0.05, 0) is 63.3 Å². The smallest absolute Gasteiger partial charge is 0.409 e. The van der Waals surface area contributed by atoms with Gasteiger partial charge in [0.1, 0.15) is 6.61 Å². The summed E-state index contributed by atoms with van der Waals surface area (Å²) in [7, 11) is -3.75. The first-order chi connectivity index (χ1) is 17.1. The second-order valence-electron chi connectivity index (χ2n) is 10.2. The molecule has 2 amide bonds. The summed E-state index contributed by atoms with van der Waals surface area (Å²) in [6.45, 7) is 6.38. The number of rotatable bonds is 6. The number of benzene rings is 1. The van der Waals surface area contributed by atoms with Gasteiger partial charge in [-0.3, -0.25) is 9.69 Å². The highest BCUT2D eigenvalue weighted by atomic mass is 35.5. The molecule has 2 unspecified atom stereocenters. The Bertz CT molecular complexity index is 1040. The molecule has 3 heterocycles. The van der Waals surface area contributed by atoms with E-state index in [0.717, 1.165) is 45.2 Å². The highest BCUT2D eigenvalue weighted by Gasteiger charge is 2.39. The van der Waals surface area contributed by atoms with Gasteiger partial charge in [-0.2, -0.15) is 4.31 Å². The van der Waals surface area contributed by atoms with Crippen LogP contribution in [0.4, 0.5) is 4.79 Å². The summed E-state index contributed by atoms with van der Waals surface area (Å²) in [4.78, 5) is 28.7. The van der Waals surface area contributed by atoms with Crippen molar-refractivity contribution in [2.75, 3.05) is 32.8 Å². The van der Waals surface area contributed by atoms with E-state index in [1.54, 1.807) is 17.0 Å². The Hall–Kier alpha value is -1.88. The van der Waals surface area contributed by atoms with Crippen LogP contribution in [-0.4, -0.2) is 91.5 Å². The van der Waals surface area contributed by atoms with Gasteiger partial charge in [0.2, 0.25) is 15.9 Å². The zero-order valence-corrected chi connectivity index (χ0v) is 22.6. The molecule has 1 aromatic carbocycles. The van der Waals surface area contributed by atoms with Crippen LogP contribution in [0.15, 0.2) is 29.2 Å². The molecule has 3 aliphatic rings. The monoisotopic (exact) mass is 540 g/mol. The fourth-order valence-electron chi connectivity index (χ4n) is 5.78. The third kappa shape index (κ3) is 6.33. The Morgan fingerprint density at radius 1 is 1.06 bits per heavy atom. The van der Waals surface area contributed by atoms with Gasteiger partial charge in [0.25, 0.3) is 0 Å². The predicted molar refractivity (Wildman–Crippen MR) is 137 cm³/mol. The summed E-state index contributed by atoms with van der Waals surface area (Å²) < 4.78 is 34.1. The molecule has 0 bridgehead atoms. The maximum absolute atomic E-state index is 13.4. The van der Waals surface area contributed by atoms with Gasteiger partial charge < -0.3 is 15.0 Å². The lowest BCUT2D eigenvalue weighted by atomic mass is 10.0. The number of nitrogens with one attached hydrogen (secondary N) is 1. The number of halogens is 1. The standard InChI is InChI=1S/C25H37ClN4O5S/c1-18-5-3-6-23(30(18)36(33,34)24-10-8-20(26)9-11-24)17-35-25(32)29-13-4-7-22(16-29)28-14-12-21(15-28)27-19(2)31/h8-11,18,21-23H,3-7,12-17H2,1-2H3,(H,27,31)/t18-,21?,22?,23-/m1/s1. The van der Waals surface area contributed by atoms with E-state index in [1.165, 1.54) is 23.4 Å². The van der Waals surface area contributed by atoms with Gasteiger partial charge in [0.05, 0.1) is 10.9 Å². The van der Waals surface area contributed by atoms with E-state index in [1.807, 2.05) is 6.92 Å². The van der Waals surface area contributed by atoms with Gasteiger partial charge >= 0.3 is 6.09 Å². The quantitative estimate of drug-likeness (QED) is 0.595. The minimum absolute atomic E-state index is 0.0140. The Morgan fingerprint density at radius 3 is 2.53 bits per heavy atom. The summed E-state index contributed by atoms with van der Waals surface area (Å²) >= 11 is 5.95. The number of amides is 2. The number of sulfonamides is 1. The second-order valence-corrected chi connectivity index (χ2v) is 12.5. The first kappa shape index (κ1) is 27.2. The molecule has 4 rings (SSSR count). The van der Waals surface area contributed by atoms with E-state index in [2.05, 4.69) is 10.2 Å². The van der Waals surface area contributed by atoms with Crippen LogP contribution in [0.2, 0.25) is 5.02 Å². The molecule has 36 heavy (non-hydrogen) atoms. The van der Waals surface area contributed by atoms with Crippen LogP contribution in [0, 0.1) is 0 Å². The molecule has 0 radical (unpaired) electrons. The lowest BCUT2D eigenvalue weighted by molar-refractivity contribution is -0.119. The van der Waals surface area contributed by atoms with E-state index >= 15 is 0 Å². The Morgan fingerprint density at radius 2 is 1.81 bits per heavy atom. The van der Waals surface area contributed by atoms with Crippen molar-refractivity contribution in [3.05, 3.63) is 29.3 Å². The minimum atomic E-state index is -3.75. The number of hydrogen-bond acceptors (Lipinski definition) is 6. The van der Waals surface area contributed by atoms with Crippen molar-refractivity contribution in [3.63, 3.8) is 0 Å². The molecule has 9 nitrogen and oxygen atoms in total. The van der Waals surface area contributed by atoms with E-state index in [0.29, 0.717) is 24.5 Å². The maximum Gasteiger partial charge on any atom is 0.409 e. The van der Waals surface area contributed by atoms with E-state index < -0.39 is 16.1 Å². The van der Waals surface area contributed by atoms with Crippen LogP contribution in [-0.2, 0) is 19.6 Å². The summed E-state index contributed by atoms with van der Waals surface area (Å²) in [5, 5.41) is 3.47. The minimum Gasteiger partial charge on any atom is -0.448 e. The molecule has 200 valence electrons. The van der Waals surface area contributed by atoms with E-state index in [-0.39, 0.29) is 41.6 Å². The molecular weight excluding hydrogens is 504 g/mol. The number of hydrogen-bond donors (Lipinski definition) is 1. The number of carbonyl (C=O) groups is 2. The third-order valence-corrected chi connectivity index (χ3v) is 9.87. The average Bonchev–Trinajstić information content (AvgIpc) is 3.30. The van der Waals surface area contributed by atoms with Crippen LogP contribution in [0.25, 0.3) is 0 Å². The van der Waals surface area contributed by atoms with E-state index in [4.69, 9.17) is 16.3 Å². The van der Waals surface area contributed by atoms with Gasteiger partial charge in [-0.15, -0.1) is 0 Å². The first-order valence-electron chi connectivity index (χ1n) is 12.9. The van der Waals surface area contributed by atoms with E-state index in [9.17, 15) is 18.0 Å². The molecule has 3 saturated heterocycles. The van der Waals surface area contributed by atoms with Crippen molar-refractivity contribution in [3.8, 4) is 0 Å². The van der Waals surface area contributed by atoms with Crippen molar-refractivity contribution in [2.45, 2.75) is 81.4 Å². The molecule has 0 aromatic heterocycles. The third-order valence-electron chi connectivity index (χ3n) is 7.54. The van der Waals surface area contributed by atoms with Crippen molar-refractivity contribution in [1.82, 2.24) is 19.4 Å². The number of nitrogens with zero attached hydrogens (tertiary/aromatic N) is 3. The first-order valence-corrected chi connectivity index (χ1v) is 14.7. The fourth-order valence-corrected chi connectivity index (χ4v) is 7.77. The summed E-state index contributed by atoms with van der Waals surface area (Å²) in [5.41, 5.74) is 0. The summed E-state index contributed by atoms with van der Waals surface area (Å²) in [6.07, 6.45) is 4.71. The molecule has 0 spiro atoms. The number of likely N-dealkylation sites (tertiary alicyclic amines) is 2. The van der Waals surface area contributed by atoms with Gasteiger partial charge in [0, 0.05) is 56.3 Å². The molecule has 0 aliphatic carbocycles. The van der Waals surface area contributed by atoms with Crippen LogP contribution in [0.3, 0.4) is 0 Å². The summed E-state index contributed by atoms with van der Waals surface area (Å²) in [6, 6.07) is 5.99. The Balaban J connectivity index is 1.36. The van der Waals surface area contributed by atoms with Gasteiger partial charge in [-0.25, -0.2) is 13.2 Å². The van der Waals surface area contributed by atoms with Crippen molar-refractivity contribution >= 4 is 33.6 Å². The zero-order chi connectivity index (χ0) is 25.9. The number of piperidine rings is 2. The van der Waals surface area contributed by atoms with Crippen LogP contribution in [0.5, 0.6) is 0 Å². The number of carbonyl (C=O) groups excluding carboxylic acids is 2. The highest BCUT2D eigenvalue weighted by Crippen LogP contribution is 2.31. The van der Waals surface area contributed by atoms with Gasteiger partial charge in [-0.1, -0.05) is 18.0 Å². The SMILES string of the molecule is CC(=O)NC1CCN(C2CCCN(C(=O)OC[C@H]3CCC[C@@H](C)N3S(=O)(=O)c3ccc(Cl)cc3)C2)C1. The van der Waals surface area contributed by atoms with Crippen molar-refractivity contribution in [1.29, 1.82) is 0 Å². The molecule has 0 saturated carbocycles. The maximum atomic E-state index is 13.4. The zero-order valence-electron chi connectivity index (χ0n) is 21.1. The average molecular weight is 541 g/mol. The predicted octanol–water partition coefficient (Wildman–Crippen LogP) is 3.08. The molecule has 11 heteroatoms. The van der Waals surface area contributed by atoms with Crippen LogP contribution >= 0.6 is 11.6 Å². The highest BCUT2D eigenvalue weighted by molar-refractivity contribution is 7.89. The van der Waals surface area contributed by atoms with Crippen molar-refractivity contribution in [2.24, 2.45) is 0 Å². The Kier molecular flexibility index (Phi) is 8.80. The fraction of sp³-hybridized carbons (Fsp3) is 0.680. The normalized spacial score (nSPS) is 28.1. The summed E-state index contributed by atoms with van der Waals surface area (Å²) in [5.74, 6) is -0.0140. The lowest BCUT2D eigenvalue weighted by Crippen LogP contribution is -2.52. The topological polar surface area (TPSA) is 99.3 Å². The van der Waals surface area contributed by atoms with Crippen molar-refractivity contribution < 1.29 is 22.7 Å². The largest absolute Gasteiger partial charge is 0.448 e. The molecule has 1 aromatic rings. The molecular formula is C25H37ClN4O5S. The van der Waals surface area contributed by atoms with Crippen LogP contribution in [0.1, 0.15) is 52.4 Å². The molecule has 3 fully saturated rings. The van der Waals surface area contributed by atoms with Gasteiger partial charge in [0.15, 0.2) is 0 Å². The second kappa shape index (κ2) is 11.7. The Labute approximate surface area is 219 Å². The lowest BCUT2D eigenvalue weighted by Gasteiger charge is -2.40. The van der Waals surface area contributed by atoms with Crippen LogP contribution < -0.4 is 5.32 Å².